The molecular weight excluding hydrogens is 553 g/mol. The summed E-state index contributed by atoms with van der Waals surface area (Å²) < 4.78 is 13.8. The second-order valence-electron chi connectivity index (χ2n) is 7.23. The molecule has 164 valence electrons. The maximum atomic E-state index is 13.3. The SMILES string of the molecule is CCOc1ccc(C=Nn2c(-c3cc4cc(Cl)ccc4o3)nc3ccccc3c2=O)cc1I. The monoisotopic (exact) mass is 569 g/mol. The van der Waals surface area contributed by atoms with Crippen LogP contribution in [0.3, 0.4) is 0 Å². The predicted molar refractivity (Wildman–Crippen MR) is 140 cm³/mol. The van der Waals surface area contributed by atoms with E-state index < -0.39 is 0 Å². The number of benzene rings is 3. The highest BCUT2D eigenvalue weighted by Gasteiger charge is 2.16. The summed E-state index contributed by atoms with van der Waals surface area (Å²) in [6.45, 7) is 2.53. The van der Waals surface area contributed by atoms with E-state index in [2.05, 4.69) is 27.7 Å². The Morgan fingerprint density at radius 3 is 2.82 bits per heavy atom. The summed E-state index contributed by atoms with van der Waals surface area (Å²) in [7, 11) is 0. The van der Waals surface area contributed by atoms with E-state index in [0.717, 1.165) is 20.3 Å². The van der Waals surface area contributed by atoms with E-state index in [-0.39, 0.29) is 5.56 Å². The molecule has 8 heteroatoms. The smallest absolute Gasteiger partial charge is 0.282 e. The lowest BCUT2D eigenvalue weighted by atomic mass is 10.2. The van der Waals surface area contributed by atoms with E-state index in [4.69, 9.17) is 25.7 Å². The molecule has 0 aliphatic rings. The Labute approximate surface area is 207 Å². The van der Waals surface area contributed by atoms with Crippen LogP contribution in [0.5, 0.6) is 5.75 Å². The third-order valence-electron chi connectivity index (χ3n) is 5.03. The van der Waals surface area contributed by atoms with Crippen molar-refractivity contribution in [2.24, 2.45) is 5.10 Å². The van der Waals surface area contributed by atoms with E-state index in [1.165, 1.54) is 4.68 Å². The molecule has 2 aromatic heterocycles. The Balaban J connectivity index is 1.67. The Kier molecular flexibility index (Phi) is 5.90. The van der Waals surface area contributed by atoms with Crippen LogP contribution in [0.25, 0.3) is 33.5 Å². The normalized spacial score (nSPS) is 11.6. The van der Waals surface area contributed by atoms with Crippen molar-refractivity contribution in [1.29, 1.82) is 0 Å². The zero-order valence-corrected chi connectivity index (χ0v) is 20.4. The van der Waals surface area contributed by atoms with E-state index in [1.54, 1.807) is 42.6 Å². The molecule has 5 aromatic rings. The van der Waals surface area contributed by atoms with Crippen molar-refractivity contribution in [2.75, 3.05) is 6.61 Å². The van der Waals surface area contributed by atoms with E-state index >= 15 is 0 Å². The maximum Gasteiger partial charge on any atom is 0.282 e. The number of nitrogens with zero attached hydrogens (tertiary/aromatic N) is 3. The van der Waals surface area contributed by atoms with Crippen LogP contribution in [-0.4, -0.2) is 22.5 Å². The number of aromatic nitrogens is 2. The molecule has 0 atom stereocenters. The first-order chi connectivity index (χ1) is 16.0. The molecule has 0 aliphatic heterocycles. The highest BCUT2D eigenvalue weighted by molar-refractivity contribution is 14.1. The molecule has 3 aromatic carbocycles. The number of halogens is 2. The number of para-hydroxylation sites is 1. The standard InChI is InChI=1S/C25H17ClIN3O3/c1-2-32-22-9-7-15(11-19(22)27)14-28-30-24(29-20-6-4-3-5-18(20)25(30)31)23-13-16-12-17(26)8-10-21(16)33-23/h3-14H,2H2,1H3. The van der Waals surface area contributed by atoms with Gasteiger partial charge in [-0.25, -0.2) is 4.98 Å². The minimum Gasteiger partial charge on any atom is -0.493 e. The summed E-state index contributed by atoms with van der Waals surface area (Å²) in [6, 6.07) is 20.0. The van der Waals surface area contributed by atoms with Gasteiger partial charge < -0.3 is 9.15 Å². The van der Waals surface area contributed by atoms with Gasteiger partial charge in [-0.1, -0.05) is 23.7 Å². The lowest BCUT2D eigenvalue weighted by Crippen LogP contribution is -2.20. The Morgan fingerprint density at radius 1 is 1.15 bits per heavy atom. The molecule has 2 heterocycles. The molecule has 6 nitrogen and oxygen atoms in total. The Bertz CT molecular complexity index is 1590. The first-order valence-electron chi connectivity index (χ1n) is 10.2. The van der Waals surface area contributed by atoms with E-state index in [0.29, 0.717) is 39.7 Å². The van der Waals surface area contributed by atoms with Crippen molar-refractivity contribution in [3.05, 3.63) is 91.2 Å². The van der Waals surface area contributed by atoms with Gasteiger partial charge in [0.15, 0.2) is 5.76 Å². The van der Waals surface area contributed by atoms with Gasteiger partial charge >= 0.3 is 0 Å². The average Bonchev–Trinajstić information content (AvgIpc) is 3.23. The Morgan fingerprint density at radius 2 is 2.00 bits per heavy atom. The van der Waals surface area contributed by atoms with Crippen molar-refractivity contribution >= 4 is 62.3 Å². The molecule has 0 bridgehead atoms. The summed E-state index contributed by atoms with van der Waals surface area (Å²) in [6.07, 6.45) is 1.62. The van der Waals surface area contributed by atoms with Crippen molar-refractivity contribution in [2.45, 2.75) is 6.92 Å². The number of rotatable bonds is 5. The lowest BCUT2D eigenvalue weighted by molar-refractivity contribution is 0.338. The maximum absolute atomic E-state index is 13.3. The summed E-state index contributed by atoms with van der Waals surface area (Å²) in [4.78, 5) is 18.0. The van der Waals surface area contributed by atoms with Gasteiger partial charge in [0.05, 0.1) is 27.3 Å². The van der Waals surface area contributed by atoms with E-state index in [1.807, 2.05) is 37.3 Å². The van der Waals surface area contributed by atoms with Crippen LogP contribution < -0.4 is 10.3 Å². The number of hydrogen-bond acceptors (Lipinski definition) is 5. The molecule has 5 rings (SSSR count). The fourth-order valence-electron chi connectivity index (χ4n) is 3.51. The number of ether oxygens (including phenoxy) is 1. The summed E-state index contributed by atoms with van der Waals surface area (Å²) in [5, 5.41) is 6.38. The second kappa shape index (κ2) is 8.99. The molecule has 0 saturated carbocycles. The molecule has 0 aliphatic carbocycles. The summed E-state index contributed by atoms with van der Waals surface area (Å²) in [5.74, 6) is 1.54. The lowest BCUT2D eigenvalue weighted by Gasteiger charge is -2.08. The number of hydrogen-bond donors (Lipinski definition) is 0. The Hall–Kier alpha value is -3.17. The van der Waals surface area contributed by atoms with Crippen LogP contribution in [0.2, 0.25) is 5.02 Å². The summed E-state index contributed by atoms with van der Waals surface area (Å²) in [5.41, 5.74) is 1.75. The molecule has 0 unspecified atom stereocenters. The van der Waals surface area contributed by atoms with Crippen LogP contribution in [0.4, 0.5) is 0 Å². The van der Waals surface area contributed by atoms with Crippen LogP contribution in [0.15, 0.2) is 81.0 Å². The first kappa shape index (κ1) is 21.7. The molecule has 33 heavy (non-hydrogen) atoms. The second-order valence-corrected chi connectivity index (χ2v) is 8.83. The third-order valence-corrected chi connectivity index (χ3v) is 6.11. The highest BCUT2D eigenvalue weighted by atomic mass is 127. The third kappa shape index (κ3) is 4.26. The summed E-state index contributed by atoms with van der Waals surface area (Å²) >= 11 is 8.34. The molecular formula is C25H17ClIN3O3. The van der Waals surface area contributed by atoms with Crippen LogP contribution in [0.1, 0.15) is 12.5 Å². The molecule has 0 fully saturated rings. The van der Waals surface area contributed by atoms with Crippen LogP contribution in [-0.2, 0) is 0 Å². The average molecular weight is 570 g/mol. The minimum absolute atomic E-state index is 0.286. The van der Waals surface area contributed by atoms with Gasteiger partial charge in [0.25, 0.3) is 5.56 Å². The molecule has 0 amide bonds. The number of fused-ring (bicyclic) bond motifs is 2. The van der Waals surface area contributed by atoms with Gasteiger partial charge in [-0.15, -0.1) is 0 Å². The van der Waals surface area contributed by atoms with Crippen molar-refractivity contribution in [1.82, 2.24) is 9.66 Å². The molecule has 0 N–H and O–H groups in total. The predicted octanol–water partition coefficient (Wildman–Crippen LogP) is 6.35. The molecule has 0 spiro atoms. The zero-order chi connectivity index (χ0) is 22.9. The topological polar surface area (TPSA) is 69.6 Å². The minimum atomic E-state index is -0.286. The van der Waals surface area contributed by atoms with Crippen molar-refractivity contribution < 1.29 is 9.15 Å². The van der Waals surface area contributed by atoms with Crippen LogP contribution in [0, 0.1) is 3.57 Å². The van der Waals surface area contributed by atoms with Gasteiger partial charge in [0.1, 0.15) is 11.3 Å². The molecule has 0 saturated heterocycles. The van der Waals surface area contributed by atoms with Crippen LogP contribution >= 0.6 is 34.2 Å². The van der Waals surface area contributed by atoms with Crippen molar-refractivity contribution in [3.63, 3.8) is 0 Å². The largest absolute Gasteiger partial charge is 0.493 e. The quantitative estimate of drug-likeness (QED) is 0.183. The van der Waals surface area contributed by atoms with Gasteiger partial charge in [-0.2, -0.15) is 9.78 Å². The highest BCUT2D eigenvalue weighted by Crippen LogP contribution is 2.29. The molecule has 0 radical (unpaired) electrons. The van der Waals surface area contributed by atoms with Gasteiger partial charge in [-0.05, 0) is 89.7 Å². The van der Waals surface area contributed by atoms with E-state index in [9.17, 15) is 4.79 Å². The number of furan rings is 1. The van der Waals surface area contributed by atoms with Gasteiger partial charge in [0.2, 0.25) is 5.82 Å². The first-order valence-corrected chi connectivity index (χ1v) is 11.7. The van der Waals surface area contributed by atoms with Gasteiger partial charge in [-0.3, -0.25) is 4.79 Å². The van der Waals surface area contributed by atoms with Crippen molar-refractivity contribution in [3.8, 4) is 17.3 Å². The fraction of sp³-hybridized carbons (Fsp3) is 0.0800. The van der Waals surface area contributed by atoms with Gasteiger partial charge in [0, 0.05) is 10.4 Å². The zero-order valence-electron chi connectivity index (χ0n) is 17.5. The fourth-order valence-corrected chi connectivity index (χ4v) is 4.38.